The molecule has 0 spiro atoms. The summed E-state index contributed by atoms with van der Waals surface area (Å²) >= 11 is 0. The lowest BCUT2D eigenvalue weighted by Crippen LogP contribution is -1.78. The Morgan fingerprint density at radius 3 is 2.74 bits per heavy atom. The molecule has 3 heteroatoms. The first kappa shape index (κ1) is 12.5. The van der Waals surface area contributed by atoms with Gasteiger partial charge in [0, 0.05) is 21.9 Å². The summed E-state index contributed by atoms with van der Waals surface area (Å²) in [5.41, 5.74) is 6.01. The van der Waals surface area contributed by atoms with E-state index in [2.05, 4.69) is 53.3 Å². The third-order valence-corrected chi connectivity index (χ3v) is 4.30. The molecule has 5 aromatic rings. The molecule has 0 saturated heterocycles. The van der Waals surface area contributed by atoms with Crippen molar-refractivity contribution >= 4 is 32.9 Å². The molecular weight excluding hydrogens is 284 g/mol. The first-order valence-corrected chi connectivity index (χ1v) is 7.66. The maximum Gasteiger partial charge on any atom is 0.227 e. The molecule has 0 radical (unpaired) electrons. The smallest absolute Gasteiger partial charge is 0.227 e. The standard InChI is InChI=1S/C20H14N2O/c1-12-5-4-6-13(11-12)20-22-17-10-9-15-14-7-2-3-8-16(14)21-18(15)19(17)23-20/h2-11,21H,1H3. The minimum Gasteiger partial charge on any atom is -0.434 e. The summed E-state index contributed by atoms with van der Waals surface area (Å²) < 4.78 is 6.11. The number of aromatic nitrogens is 2. The first-order valence-electron chi connectivity index (χ1n) is 7.66. The number of oxazole rings is 1. The van der Waals surface area contributed by atoms with Crippen LogP contribution in [0.1, 0.15) is 5.56 Å². The molecule has 0 amide bonds. The van der Waals surface area contributed by atoms with E-state index in [1.54, 1.807) is 0 Å². The fourth-order valence-electron chi connectivity index (χ4n) is 3.20. The Bertz CT molecular complexity index is 1180. The zero-order valence-corrected chi connectivity index (χ0v) is 12.6. The van der Waals surface area contributed by atoms with Crippen LogP contribution < -0.4 is 0 Å². The fraction of sp³-hybridized carbons (Fsp3) is 0.0500. The van der Waals surface area contributed by atoms with Crippen LogP contribution in [0.5, 0.6) is 0 Å². The van der Waals surface area contributed by atoms with Crippen LogP contribution in [0.3, 0.4) is 0 Å². The van der Waals surface area contributed by atoms with Gasteiger partial charge in [-0.25, -0.2) is 4.98 Å². The second-order valence-electron chi connectivity index (χ2n) is 5.90. The van der Waals surface area contributed by atoms with Crippen LogP contribution in [-0.2, 0) is 0 Å². The number of rotatable bonds is 1. The van der Waals surface area contributed by atoms with Gasteiger partial charge >= 0.3 is 0 Å². The molecule has 2 heterocycles. The molecule has 5 rings (SSSR count). The van der Waals surface area contributed by atoms with E-state index in [4.69, 9.17) is 4.42 Å². The lowest BCUT2D eigenvalue weighted by molar-refractivity contribution is 0.622. The van der Waals surface area contributed by atoms with Gasteiger partial charge in [0.2, 0.25) is 5.89 Å². The molecule has 0 aliphatic rings. The number of nitrogens with zero attached hydrogens (tertiary/aromatic N) is 1. The highest BCUT2D eigenvalue weighted by molar-refractivity contribution is 6.14. The van der Waals surface area contributed by atoms with E-state index in [0.29, 0.717) is 5.89 Å². The van der Waals surface area contributed by atoms with E-state index >= 15 is 0 Å². The Hall–Kier alpha value is -3.07. The van der Waals surface area contributed by atoms with Gasteiger partial charge in [-0.05, 0) is 37.3 Å². The molecule has 0 bridgehead atoms. The molecule has 0 unspecified atom stereocenters. The molecule has 0 atom stereocenters. The van der Waals surface area contributed by atoms with Crippen molar-refractivity contribution in [1.82, 2.24) is 9.97 Å². The van der Waals surface area contributed by atoms with Crippen molar-refractivity contribution in [2.45, 2.75) is 6.92 Å². The Morgan fingerprint density at radius 1 is 0.913 bits per heavy atom. The van der Waals surface area contributed by atoms with E-state index in [1.165, 1.54) is 16.3 Å². The first-order chi connectivity index (χ1) is 11.3. The number of nitrogens with one attached hydrogen (secondary N) is 1. The Morgan fingerprint density at radius 2 is 1.83 bits per heavy atom. The number of fused-ring (bicyclic) bond motifs is 5. The van der Waals surface area contributed by atoms with Gasteiger partial charge in [0.05, 0.1) is 5.52 Å². The van der Waals surface area contributed by atoms with Crippen molar-refractivity contribution in [3.63, 3.8) is 0 Å². The summed E-state index contributed by atoms with van der Waals surface area (Å²) in [7, 11) is 0. The second kappa shape index (κ2) is 4.46. The summed E-state index contributed by atoms with van der Waals surface area (Å²) in [6.07, 6.45) is 0. The van der Waals surface area contributed by atoms with Crippen molar-refractivity contribution in [1.29, 1.82) is 0 Å². The van der Waals surface area contributed by atoms with Crippen molar-refractivity contribution in [2.24, 2.45) is 0 Å². The molecule has 0 saturated carbocycles. The lowest BCUT2D eigenvalue weighted by Gasteiger charge is -1.96. The molecule has 0 fully saturated rings. The van der Waals surface area contributed by atoms with Crippen LogP contribution in [0.15, 0.2) is 65.1 Å². The predicted molar refractivity (Wildman–Crippen MR) is 93.5 cm³/mol. The van der Waals surface area contributed by atoms with Gasteiger partial charge < -0.3 is 9.40 Å². The highest BCUT2D eigenvalue weighted by Crippen LogP contribution is 2.33. The van der Waals surface area contributed by atoms with E-state index in [1.807, 2.05) is 24.3 Å². The van der Waals surface area contributed by atoms with E-state index < -0.39 is 0 Å². The normalized spacial score (nSPS) is 11.7. The van der Waals surface area contributed by atoms with Gasteiger partial charge in [-0.1, -0.05) is 35.9 Å². The van der Waals surface area contributed by atoms with Crippen LogP contribution in [0, 0.1) is 6.92 Å². The number of benzene rings is 3. The van der Waals surface area contributed by atoms with Crippen LogP contribution in [0.25, 0.3) is 44.4 Å². The minimum atomic E-state index is 0.662. The highest BCUT2D eigenvalue weighted by atomic mass is 16.3. The molecule has 0 aliphatic heterocycles. The molecule has 0 aliphatic carbocycles. The fourth-order valence-corrected chi connectivity index (χ4v) is 3.20. The van der Waals surface area contributed by atoms with Crippen molar-refractivity contribution in [3.05, 3.63) is 66.2 Å². The van der Waals surface area contributed by atoms with Crippen LogP contribution in [-0.4, -0.2) is 9.97 Å². The summed E-state index contributed by atoms with van der Waals surface area (Å²) in [6, 6.07) is 20.6. The molecule has 23 heavy (non-hydrogen) atoms. The van der Waals surface area contributed by atoms with Crippen molar-refractivity contribution < 1.29 is 4.42 Å². The van der Waals surface area contributed by atoms with Crippen LogP contribution >= 0.6 is 0 Å². The quantitative estimate of drug-likeness (QED) is 0.448. The zero-order chi connectivity index (χ0) is 15.4. The summed E-state index contributed by atoms with van der Waals surface area (Å²) in [6.45, 7) is 2.07. The highest BCUT2D eigenvalue weighted by Gasteiger charge is 2.14. The summed E-state index contributed by atoms with van der Waals surface area (Å²) in [5, 5.41) is 2.37. The number of aryl methyl sites for hydroxylation is 1. The average Bonchev–Trinajstić information content (AvgIpc) is 3.16. The van der Waals surface area contributed by atoms with Gasteiger partial charge in [-0.3, -0.25) is 0 Å². The third-order valence-electron chi connectivity index (χ3n) is 4.30. The van der Waals surface area contributed by atoms with E-state index in [0.717, 1.165) is 27.7 Å². The zero-order valence-electron chi connectivity index (χ0n) is 12.6. The van der Waals surface area contributed by atoms with Gasteiger partial charge in [-0.15, -0.1) is 0 Å². The Labute approximate surface area is 132 Å². The number of para-hydroxylation sites is 1. The van der Waals surface area contributed by atoms with Crippen molar-refractivity contribution in [3.8, 4) is 11.5 Å². The minimum absolute atomic E-state index is 0.662. The molecule has 3 aromatic carbocycles. The van der Waals surface area contributed by atoms with Crippen LogP contribution in [0.4, 0.5) is 0 Å². The monoisotopic (exact) mass is 298 g/mol. The second-order valence-corrected chi connectivity index (χ2v) is 5.90. The maximum atomic E-state index is 6.11. The number of aromatic amines is 1. The Kier molecular flexibility index (Phi) is 2.42. The van der Waals surface area contributed by atoms with Gasteiger partial charge in [-0.2, -0.15) is 0 Å². The number of hydrogen-bond donors (Lipinski definition) is 1. The van der Waals surface area contributed by atoms with E-state index in [-0.39, 0.29) is 0 Å². The van der Waals surface area contributed by atoms with Gasteiger partial charge in [0.1, 0.15) is 5.52 Å². The summed E-state index contributed by atoms with van der Waals surface area (Å²) in [5.74, 6) is 0.662. The van der Waals surface area contributed by atoms with Gasteiger partial charge in [0.25, 0.3) is 0 Å². The largest absolute Gasteiger partial charge is 0.434 e. The SMILES string of the molecule is Cc1cccc(-c2nc3ccc4c5ccccc5[nH]c4c3o2)c1. The maximum absolute atomic E-state index is 6.11. The molecule has 3 nitrogen and oxygen atoms in total. The molecule has 1 N–H and O–H groups in total. The lowest BCUT2D eigenvalue weighted by atomic mass is 10.1. The van der Waals surface area contributed by atoms with E-state index in [9.17, 15) is 0 Å². The molecule has 2 aromatic heterocycles. The Balaban J connectivity index is 1.84. The number of H-pyrrole nitrogens is 1. The third kappa shape index (κ3) is 1.80. The average molecular weight is 298 g/mol. The molecule has 110 valence electrons. The predicted octanol–water partition coefficient (Wildman–Crippen LogP) is 5.44. The topological polar surface area (TPSA) is 41.8 Å². The summed E-state index contributed by atoms with van der Waals surface area (Å²) in [4.78, 5) is 8.12. The van der Waals surface area contributed by atoms with Crippen molar-refractivity contribution in [2.75, 3.05) is 0 Å². The van der Waals surface area contributed by atoms with Crippen LogP contribution in [0.2, 0.25) is 0 Å². The molecular formula is C20H14N2O. The van der Waals surface area contributed by atoms with Gasteiger partial charge in [0.15, 0.2) is 5.58 Å². The number of hydrogen-bond acceptors (Lipinski definition) is 2.